The Bertz CT molecular complexity index is 1010. The van der Waals surface area contributed by atoms with E-state index in [4.69, 9.17) is 16.0 Å². The molecule has 0 spiro atoms. The van der Waals surface area contributed by atoms with Crippen LogP contribution in [-0.4, -0.2) is 40.2 Å². The smallest absolute Gasteiger partial charge is 0.274 e. The standard InChI is InChI=1S/C23H27ClN4O2/c1-27(15-18-7-5-13-30-18)23(29)22-19-14-17(9-10-21(19)28(2)26-22)25-12-11-16-6-3-4-8-20(16)24/h3-8,13,17,25H,9-12,14-15H2,1-2H3. The summed E-state index contributed by atoms with van der Waals surface area (Å²) in [6, 6.07) is 12.0. The number of benzene rings is 1. The van der Waals surface area contributed by atoms with Crippen molar-refractivity contribution in [3.8, 4) is 0 Å². The highest BCUT2D eigenvalue weighted by Crippen LogP contribution is 2.26. The summed E-state index contributed by atoms with van der Waals surface area (Å²) in [5.74, 6) is 0.690. The summed E-state index contributed by atoms with van der Waals surface area (Å²) in [4.78, 5) is 14.7. The van der Waals surface area contributed by atoms with Gasteiger partial charge in [-0.1, -0.05) is 29.8 Å². The number of aryl methyl sites for hydroxylation is 1. The van der Waals surface area contributed by atoms with E-state index in [1.54, 1.807) is 18.2 Å². The lowest BCUT2D eigenvalue weighted by Crippen LogP contribution is -2.37. The number of nitrogens with zero attached hydrogens (tertiary/aromatic N) is 3. The van der Waals surface area contributed by atoms with Crippen molar-refractivity contribution in [1.82, 2.24) is 20.0 Å². The van der Waals surface area contributed by atoms with Crippen molar-refractivity contribution in [1.29, 1.82) is 0 Å². The third-order valence-corrected chi connectivity index (χ3v) is 6.13. The maximum absolute atomic E-state index is 13.1. The molecule has 0 aliphatic heterocycles. The van der Waals surface area contributed by atoms with Crippen LogP contribution in [-0.2, 0) is 32.9 Å². The molecule has 0 fully saturated rings. The summed E-state index contributed by atoms with van der Waals surface area (Å²) in [5, 5.41) is 9.02. The summed E-state index contributed by atoms with van der Waals surface area (Å²) in [5.41, 5.74) is 3.93. The number of hydrogen-bond donors (Lipinski definition) is 1. The molecule has 30 heavy (non-hydrogen) atoms. The highest BCUT2D eigenvalue weighted by molar-refractivity contribution is 6.31. The lowest BCUT2D eigenvalue weighted by molar-refractivity contribution is 0.0767. The van der Waals surface area contributed by atoms with Gasteiger partial charge in [-0.3, -0.25) is 9.48 Å². The zero-order valence-electron chi connectivity index (χ0n) is 17.4. The second kappa shape index (κ2) is 9.06. The summed E-state index contributed by atoms with van der Waals surface area (Å²) >= 11 is 6.26. The van der Waals surface area contributed by atoms with Crippen LogP contribution in [0.1, 0.15) is 39.5 Å². The highest BCUT2D eigenvalue weighted by atomic mass is 35.5. The van der Waals surface area contributed by atoms with Crippen LogP contribution in [0.5, 0.6) is 0 Å². The van der Waals surface area contributed by atoms with Crippen LogP contribution in [0.15, 0.2) is 47.1 Å². The van der Waals surface area contributed by atoms with E-state index in [-0.39, 0.29) is 5.91 Å². The SMILES string of the molecule is CN(Cc1ccco1)C(=O)c1nn(C)c2c1CC(NCCc1ccccc1Cl)CC2. The van der Waals surface area contributed by atoms with Gasteiger partial charge in [-0.05, 0) is 56.0 Å². The Kier molecular flexibility index (Phi) is 6.25. The van der Waals surface area contributed by atoms with E-state index in [1.165, 1.54) is 0 Å². The lowest BCUT2D eigenvalue weighted by Gasteiger charge is -2.25. The molecule has 6 nitrogen and oxygen atoms in total. The number of furan rings is 1. The Morgan fingerprint density at radius 3 is 2.93 bits per heavy atom. The number of amides is 1. The van der Waals surface area contributed by atoms with E-state index in [2.05, 4.69) is 16.5 Å². The number of carbonyl (C=O) groups excluding carboxylic acids is 1. The molecule has 0 saturated heterocycles. The number of rotatable bonds is 7. The average molecular weight is 427 g/mol. The molecule has 7 heteroatoms. The molecular weight excluding hydrogens is 400 g/mol. The summed E-state index contributed by atoms with van der Waals surface area (Å²) in [6.07, 6.45) is 5.26. The van der Waals surface area contributed by atoms with Crippen molar-refractivity contribution in [2.24, 2.45) is 7.05 Å². The van der Waals surface area contributed by atoms with E-state index >= 15 is 0 Å². The Labute approximate surface area is 181 Å². The minimum Gasteiger partial charge on any atom is -0.467 e. The zero-order valence-corrected chi connectivity index (χ0v) is 18.2. The molecule has 1 amide bonds. The molecule has 0 radical (unpaired) electrons. The number of aromatic nitrogens is 2. The van der Waals surface area contributed by atoms with Gasteiger partial charge in [0.05, 0.1) is 12.8 Å². The van der Waals surface area contributed by atoms with E-state index in [0.29, 0.717) is 18.3 Å². The fourth-order valence-corrected chi connectivity index (χ4v) is 4.37. The number of carbonyl (C=O) groups is 1. The molecule has 4 rings (SSSR count). The second-order valence-corrected chi connectivity index (χ2v) is 8.28. The van der Waals surface area contributed by atoms with Gasteiger partial charge in [0.2, 0.25) is 0 Å². The Morgan fingerprint density at radius 1 is 1.33 bits per heavy atom. The van der Waals surface area contributed by atoms with Crippen LogP contribution in [0.4, 0.5) is 0 Å². The Hall–Kier alpha value is -2.57. The molecule has 0 saturated carbocycles. The maximum atomic E-state index is 13.1. The van der Waals surface area contributed by atoms with Crippen molar-refractivity contribution >= 4 is 17.5 Å². The topological polar surface area (TPSA) is 63.3 Å². The molecule has 1 N–H and O–H groups in total. The molecule has 158 valence electrons. The highest BCUT2D eigenvalue weighted by Gasteiger charge is 2.29. The monoisotopic (exact) mass is 426 g/mol. The van der Waals surface area contributed by atoms with Crippen LogP contribution < -0.4 is 5.32 Å². The number of nitrogens with one attached hydrogen (secondary N) is 1. The van der Waals surface area contributed by atoms with Gasteiger partial charge in [-0.15, -0.1) is 0 Å². The largest absolute Gasteiger partial charge is 0.467 e. The molecule has 1 aromatic carbocycles. The molecule has 2 aromatic heterocycles. The van der Waals surface area contributed by atoms with Gasteiger partial charge in [0.1, 0.15) is 5.76 Å². The van der Waals surface area contributed by atoms with Crippen molar-refractivity contribution in [3.63, 3.8) is 0 Å². The van der Waals surface area contributed by atoms with Crippen molar-refractivity contribution in [2.75, 3.05) is 13.6 Å². The van der Waals surface area contributed by atoms with Crippen LogP contribution in [0.25, 0.3) is 0 Å². The molecule has 1 atom stereocenters. The first kappa shape index (κ1) is 20.7. The average Bonchev–Trinajstić information content (AvgIpc) is 3.36. The van der Waals surface area contributed by atoms with Crippen LogP contribution in [0, 0.1) is 0 Å². The van der Waals surface area contributed by atoms with Gasteiger partial charge in [0.25, 0.3) is 5.91 Å². The molecule has 1 unspecified atom stereocenters. The molecular formula is C23H27ClN4O2. The number of halogens is 1. The van der Waals surface area contributed by atoms with Gasteiger partial charge in [0.15, 0.2) is 5.69 Å². The van der Waals surface area contributed by atoms with Gasteiger partial charge >= 0.3 is 0 Å². The molecule has 2 heterocycles. The Morgan fingerprint density at radius 2 is 2.17 bits per heavy atom. The van der Waals surface area contributed by atoms with Crippen molar-refractivity contribution < 1.29 is 9.21 Å². The predicted molar refractivity (Wildman–Crippen MR) is 117 cm³/mol. The van der Waals surface area contributed by atoms with Crippen LogP contribution in [0.2, 0.25) is 5.02 Å². The first-order chi connectivity index (χ1) is 14.5. The normalized spacial score (nSPS) is 15.8. The second-order valence-electron chi connectivity index (χ2n) is 7.87. The minimum absolute atomic E-state index is 0.0695. The zero-order chi connectivity index (χ0) is 21.1. The van der Waals surface area contributed by atoms with Crippen LogP contribution in [0.3, 0.4) is 0 Å². The van der Waals surface area contributed by atoms with E-state index in [1.807, 2.05) is 42.1 Å². The molecule has 3 aromatic rings. The molecule has 0 bridgehead atoms. The fourth-order valence-electron chi connectivity index (χ4n) is 4.14. The Balaban J connectivity index is 1.41. The third-order valence-electron chi connectivity index (χ3n) is 5.76. The van der Waals surface area contributed by atoms with Crippen molar-refractivity contribution in [2.45, 2.75) is 38.3 Å². The first-order valence-corrected chi connectivity index (χ1v) is 10.7. The van der Waals surface area contributed by atoms with Gasteiger partial charge in [-0.25, -0.2) is 0 Å². The summed E-state index contributed by atoms with van der Waals surface area (Å²) < 4.78 is 7.24. The lowest BCUT2D eigenvalue weighted by atomic mass is 9.91. The molecule has 1 aliphatic carbocycles. The maximum Gasteiger partial charge on any atom is 0.274 e. The summed E-state index contributed by atoms with van der Waals surface area (Å²) in [6.45, 7) is 1.28. The van der Waals surface area contributed by atoms with Gasteiger partial charge < -0.3 is 14.6 Å². The fraction of sp³-hybridized carbons (Fsp3) is 0.391. The van der Waals surface area contributed by atoms with E-state index in [9.17, 15) is 4.79 Å². The van der Waals surface area contributed by atoms with E-state index in [0.717, 1.165) is 59.8 Å². The third kappa shape index (κ3) is 4.45. The summed E-state index contributed by atoms with van der Waals surface area (Å²) in [7, 11) is 3.71. The first-order valence-electron chi connectivity index (χ1n) is 10.3. The quantitative estimate of drug-likeness (QED) is 0.626. The van der Waals surface area contributed by atoms with E-state index < -0.39 is 0 Å². The minimum atomic E-state index is -0.0695. The van der Waals surface area contributed by atoms with Crippen molar-refractivity contribution in [3.05, 3.63) is 76.0 Å². The molecule has 1 aliphatic rings. The van der Waals surface area contributed by atoms with Gasteiger partial charge in [0, 0.05) is 36.4 Å². The number of hydrogen-bond acceptors (Lipinski definition) is 4. The predicted octanol–water partition coefficient (Wildman–Crippen LogP) is 3.63. The van der Waals surface area contributed by atoms with Crippen LogP contribution >= 0.6 is 11.6 Å². The van der Waals surface area contributed by atoms with Gasteiger partial charge in [-0.2, -0.15) is 5.10 Å². The number of fused-ring (bicyclic) bond motifs is 1.